The quantitative estimate of drug-likeness (QED) is 0.175. The Balaban J connectivity index is 1.40. The Kier molecular flexibility index (Phi) is 9.08. The van der Waals surface area contributed by atoms with Crippen molar-refractivity contribution >= 4 is 33.3 Å². The van der Waals surface area contributed by atoms with Crippen LogP contribution in [0.4, 0.5) is 11.4 Å². The number of carbonyl (C=O) groups excluding carboxylic acids is 2. The predicted octanol–water partition coefficient (Wildman–Crippen LogP) is 3.32. The molecule has 1 amide bonds. The molecule has 3 aromatic rings. The maximum Gasteiger partial charge on any atom is 0.306 e. The topological polar surface area (TPSA) is 154 Å². The predicted molar refractivity (Wildman–Crippen MR) is 152 cm³/mol. The number of phenols is 1. The number of sulfonamides is 1. The Bertz CT molecular complexity index is 1510. The van der Waals surface area contributed by atoms with Crippen LogP contribution in [-0.2, 0) is 37.3 Å². The molecular formula is C29H33N3O7S. The summed E-state index contributed by atoms with van der Waals surface area (Å²) in [4.78, 5) is 24.4. The second-order valence-corrected chi connectivity index (χ2v) is 11.5. The first-order chi connectivity index (χ1) is 19.0. The van der Waals surface area contributed by atoms with Crippen molar-refractivity contribution in [3.8, 4) is 16.9 Å². The maximum absolute atomic E-state index is 12.4. The Labute approximate surface area is 233 Å². The number of ether oxygens (including phenoxy) is 1. The Hall–Kier alpha value is -3.93. The molecule has 3 aromatic carbocycles. The number of nitrogens with one attached hydrogen (secondary N) is 3. The molecule has 1 heterocycles. The monoisotopic (exact) mass is 567 g/mol. The third-order valence-corrected chi connectivity index (χ3v) is 7.14. The van der Waals surface area contributed by atoms with Crippen molar-refractivity contribution in [2.75, 3.05) is 29.4 Å². The van der Waals surface area contributed by atoms with Crippen LogP contribution in [0.5, 0.6) is 5.75 Å². The van der Waals surface area contributed by atoms with Gasteiger partial charge in [-0.1, -0.05) is 30.3 Å². The summed E-state index contributed by atoms with van der Waals surface area (Å²) < 4.78 is 30.3. The number of phenolic OH excluding ortho intramolecular Hbond substituents is 1. The number of aliphatic hydroxyl groups excluding tert-OH is 1. The summed E-state index contributed by atoms with van der Waals surface area (Å²) in [7, 11) is -3.58. The first-order valence-electron chi connectivity index (χ1n) is 12.9. The lowest BCUT2D eigenvalue weighted by atomic mass is 9.88. The van der Waals surface area contributed by atoms with Crippen LogP contribution >= 0.6 is 0 Å². The Morgan fingerprint density at radius 2 is 1.90 bits per heavy atom. The van der Waals surface area contributed by atoms with Crippen molar-refractivity contribution in [1.29, 1.82) is 0 Å². The number of fused-ring (bicyclic) bond motifs is 1. The largest absolute Gasteiger partial charge is 0.506 e. The van der Waals surface area contributed by atoms with Crippen LogP contribution in [0.15, 0.2) is 60.7 Å². The normalized spacial score (nSPS) is 15.6. The number of carbonyl (C=O) groups is 2. The number of hydrogen-bond acceptors (Lipinski definition) is 8. The molecule has 4 rings (SSSR count). The van der Waals surface area contributed by atoms with Gasteiger partial charge in [0.25, 0.3) is 0 Å². The SMILES string of the molecule is CCOC(=O)CC1Cc2cc(-c3cccc(CNC[C@H](O)c4ccc(O)c(NS(C)(=O)=O)c4)c3)ccc2NC1=O. The number of benzene rings is 3. The summed E-state index contributed by atoms with van der Waals surface area (Å²) in [6, 6.07) is 18.0. The molecule has 40 heavy (non-hydrogen) atoms. The van der Waals surface area contributed by atoms with Gasteiger partial charge in [-0.25, -0.2) is 8.42 Å². The maximum atomic E-state index is 12.4. The lowest BCUT2D eigenvalue weighted by molar-refractivity contribution is -0.145. The molecule has 5 N–H and O–H groups in total. The highest BCUT2D eigenvalue weighted by molar-refractivity contribution is 7.92. The molecule has 1 aliphatic rings. The van der Waals surface area contributed by atoms with Gasteiger partial charge in [-0.05, 0) is 71.5 Å². The third kappa shape index (κ3) is 7.59. The van der Waals surface area contributed by atoms with Gasteiger partial charge in [0, 0.05) is 18.8 Å². The van der Waals surface area contributed by atoms with Gasteiger partial charge in [-0.15, -0.1) is 0 Å². The molecule has 1 aliphatic heterocycles. The summed E-state index contributed by atoms with van der Waals surface area (Å²) in [6.45, 7) is 2.69. The van der Waals surface area contributed by atoms with Crippen molar-refractivity contribution < 1.29 is 33.0 Å². The summed E-state index contributed by atoms with van der Waals surface area (Å²) in [5.41, 5.74) is 5.09. The number of rotatable bonds is 11. The molecule has 10 nitrogen and oxygen atoms in total. The lowest BCUT2D eigenvalue weighted by Crippen LogP contribution is -2.32. The highest BCUT2D eigenvalue weighted by Crippen LogP contribution is 2.32. The minimum atomic E-state index is -3.58. The number of amides is 1. The number of esters is 1. The number of anilines is 2. The first kappa shape index (κ1) is 29.1. The zero-order chi connectivity index (χ0) is 28.9. The molecule has 2 atom stereocenters. The van der Waals surface area contributed by atoms with Crippen molar-refractivity contribution in [3.05, 3.63) is 77.4 Å². The van der Waals surface area contributed by atoms with Gasteiger partial charge in [0.1, 0.15) is 5.75 Å². The van der Waals surface area contributed by atoms with Crippen molar-refractivity contribution in [2.45, 2.75) is 32.4 Å². The summed E-state index contributed by atoms with van der Waals surface area (Å²) in [5.74, 6) is -1.27. The molecule has 0 bridgehead atoms. The molecule has 0 aromatic heterocycles. The van der Waals surface area contributed by atoms with Crippen molar-refractivity contribution in [3.63, 3.8) is 0 Å². The molecule has 0 radical (unpaired) electrons. The van der Waals surface area contributed by atoms with Crippen molar-refractivity contribution in [1.82, 2.24) is 5.32 Å². The number of aromatic hydroxyl groups is 1. The highest BCUT2D eigenvalue weighted by atomic mass is 32.2. The van der Waals surface area contributed by atoms with E-state index in [0.29, 0.717) is 18.5 Å². The zero-order valence-electron chi connectivity index (χ0n) is 22.3. The first-order valence-corrected chi connectivity index (χ1v) is 14.8. The fourth-order valence-electron chi connectivity index (χ4n) is 4.62. The fourth-order valence-corrected chi connectivity index (χ4v) is 5.18. The molecule has 0 aliphatic carbocycles. The number of hydrogen-bond donors (Lipinski definition) is 5. The minimum Gasteiger partial charge on any atom is -0.506 e. The van der Waals surface area contributed by atoms with E-state index in [1.165, 1.54) is 18.2 Å². The molecule has 0 spiro atoms. The van der Waals surface area contributed by atoms with E-state index >= 15 is 0 Å². The van der Waals surface area contributed by atoms with Crippen LogP contribution in [0.25, 0.3) is 11.1 Å². The van der Waals surface area contributed by atoms with E-state index in [1.54, 1.807) is 6.92 Å². The fraction of sp³-hybridized carbons (Fsp3) is 0.310. The van der Waals surface area contributed by atoms with Gasteiger partial charge in [0.05, 0.1) is 37.0 Å². The summed E-state index contributed by atoms with van der Waals surface area (Å²) in [5, 5.41) is 26.6. The van der Waals surface area contributed by atoms with Crippen molar-refractivity contribution in [2.24, 2.45) is 5.92 Å². The van der Waals surface area contributed by atoms with E-state index in [2.05, 4.69) is 15.4 Å². The van der Waals surface area contributed by atoms with E-state index in [9.17, 15) is 28.2 Å². The average molecular weight is 568 g/mol. The van der Waals surface area contributed by atoms with E-state index in [1.807, 2.05) is 42.5 Å². The molecular weight excluding hydrogens is 534 g/mol. The summed E-state index contributed by atoms with van der Waals surface area (Å²) in [6.07, 6.45) is 0.542. The van der Waals surface area contributed by atoms with Gasteiger partial charge in [-0.3, -0.25) is 14.3 Å². The van der Waals surface area contributed by atoms with E-state index in [-0.39, 0.29) is 42.9 Å². The van der Waals surface area contributed by atoms with Crippen LogP contribution < -0.4 is 15.4 Å². The Morgan fingerprint density at radius 3 is 2.65 bits per heavy atom. The van der Waals surface area contributed by atoms with Gasteiger partial charge in [0.15, 0.2) is 0 Å². The standard InChI is InChI=1S/C29H33N3O7S/c1-3-39-28(35)15-23-13-22-12-20(7-9-24(22)31-29(23)36)19-6-4-5-18(11-19)16-30-17-27(34)21-8-10-26(33)25(14-21)32-40(2,37)38/h4-12,14,23,27,30,32-34H,3,13,15-17H2,1-2H3,(H,31,36)/t23?,27-/m0/s1. The molecule has 0 fully saturated rings. The van der Waals surface area contributed by atoms with Gasteiger partial charge < -0.3 is 25.6 Å². The van der Waals surface area contributed by atoms with E-state index in [0.717, 1.165) is 34.2 Å². The van der Waals surface area contributed by atoms with Crippen LogP contribution in [0.1, 0.15) is 36.1 Å². The minimum absolute atomic E-state index is 0.00331. The molecule has 0 saturated carbocycles. The van der Waals surface area contributed by atoms with Crippen LogP contribution in [0.3, 0.4) is 0 Å². The molecule has 1 unspecified atom stereocenters. The van der Waals surface area contributed by atoms with Crippen LogP contribution in [-0.4, -0.2) is 49.9 Å². The van der Waals surface area contributed by atoms with Gasteiger partial charge >= 0.3 is 5.97 Å². The molecule has 11 heteroatoms. The summed E-state index contributed by atoms with van der Waals surface area (Å²) >= 11 is 0. The Morgan fingerprint density at radius 1 is 1.12 bits per heavy atom. The zero-order valence-corrected chi connectivity index (χ0v) is 23.1. The van der Waals surface area contributed by atoms with Gasteiger partial charge in [0.2, 0.25) is 15.9 Å². The second kappa shape index (κ2) is 12.5. The molecule has 0 saturated heterocycles. The van der Waals surface area contributed by atoms with E-state index < -0.39 is 22.0 Å². The molecule has 212 valence electrons. The lowest BCUT2D eigenvalue weighted by Gasteiger charge is -2.24. The highest BCUT2D eigenvalue weighted by Gasteiger charge is 2.29. The smallest absolute Gasteiger partial charge is 0.306 e. The van der Waals surface area contributed by atoms with E-state index in [4.69, 9.17) is 4.74 Å². The number of aliphatic hydroxyl groups is 1. The van der Waals surface area contributed by atoms with Crippen LogP contribution in [0.2, 0.25) is 0 Å². The average Bonchev–Trinajstić information content (AvgIpc) is 2.89. The van der Waals surface area contributed by atoms with Crippen LogP contribution in [0, 0.1) is 5.92 Å². The second-order valence-electron chi connectivity index (χ2n) is 9.77. The van der Waals surface area contributed by atoms with Gasteiger partial charge in [-0.2, -0.15) is 0 Å². The third-order valence-electron chi connectivity index (χ3n) is 6.55.